The summed E-state index contributed by atoms with van der Waals surface area (Å²) in [6, 6.07) is 18.5. The summed E-state index contributed by atoms with van der Waals surface area (Å²) in [4.78, 5) is 4.70. The van der Waals surface area contributed by atoms with Crippen molar-refractivity contribution in [2.45, 2.75) is 25.5 Å². The zero-order valence-corrected chi connectivity index (χ0v) is 14.4. The summed E-state index contributed by atoms with van der Waals surface area (Å²) >= 11 is 0. The predicted molar refractivity (Wildman–Crippen MR) is 104 cm³/mol. The van der Waals surface area contributed by atoms with Crippen molar-refractivity contribution in [3.05, 3.63) is 71.9 Å². The molecule has 2 aromatic carbocycles. The molecule has 0 saturated carbocycles. The van der Waals surface area contributed by atoms with Crippen molar-refractivity contribution in [3.8, 4) is 5.75 Å². The van der Waals surface area contributed by atoms with Crippen LogP contribution in [0.5, 0.6) is 5.75 Å². The number of benzene rings is 2. The predicted octanol–water partition coefficient (Wildman–Crippen LogP) is 3.39. The van der Waals surface area contributed by atoms with E-state index in [1.54, 1.807) is 6.20 Å². The quantitative estimate of drug-likeness (QED) is 0.796. The van der Waals surface area contributed by atoms with E-state index in [9.17, 15) is 0 Å². The Morgan fingerprint density at radius 2 is 1.92 bits per heavy atom. The largest absolute Gasteiger partial charge is 0.489 e. The van der Waals surface area contributed by atoms with Crippen LogP contribution in [0, 0.1) is 0 Å². The molecule has 25 heavy (non-hydrogen) atoms. The molecule has 130 valence electrons. The molecule has 0 aliphatic carbocycles. The van der Waals surface area contributed by atoms with Gasteiger partial charge < -0.3 is 15.8 Å². The third-order valence-corrected chi connectivity index (χ3v) is 4.33. The first-order chi connectivity index (χ1) is 12.3. The number of rotatable bonds is 6. The summed E-state index contributed by atoms with van der Waals surface area (Å²) in [6.07, 6.45) is 5.66. The minimum absolute atomic E-state index is 0.383. The van der Waals surface area contributed by atoms with Crippen LogP contribution >= 0.6 is 0 Å². The summed E-state index contributed by atoms with van der Waals surface area (Å²) in [7, 11) is 0. The molecule has 0 amide bonds. The molecule has 1 fully saturated rings. The number of hydrogen-bond acceptors (Lipinski definition) is 4. The first-order valence-electron chi connectivity index (χ1n) is 8.78. The molecule has 4 nitrogen and oxygen atoms in total. The fraction of sp³-hybridized carbons (Fsp3) is 0.286. The maximum atomic E-state index is 5.90. The van der Waals surface area contributed by atoms with Gasteiger partial charge in [0.25, 0.3) is 0 Å². The molecule has 1 heterocycles. The molecular weight excluding hydrogens is 310 g/mol. The Morgan fingerprint density at radius 3 is 2.68 bits per heavy atom. The maximum absolute atomic E-state index is 5.90. The summed E-state index contributed by atoms with van der Waals surface area (Å²) in [5.74, 6) is 0.830. The Morgan fingerprint density at radius 1 is 1.12 bits per heavy atom. The molecule has 3 rings (SSSR count). The molecule has 4 heteroatoms. The van der Waals surface area contributed by atoms with Gasteiger partial charge in [-0.3, -0.25) is 4.99 Å². The van der Waals surface area contributed by atoms with E-state index in [4.69, 9.17) is 15.5 Å². The standard InChI is InChI=1S/C21H25N3O/c22-14-19(15-24-20-9-11-23-12-10-20)18-7-4-8-21(13-18)25-16-17-5-2-1-3-6-17/h1-8,13-15,20,23H,9-12,16,22H2. The summed E-state index contributed by atoms with van der Waals surface area (Å²) in [5, 5.41) is 3.35. The smallest absolute Gasteiger partial charge is 0.120 e. The van der Waals surface area contributed by atoms with Gasteiger partial charge in [0.05, 0.1) is 6.04 Å². The van der Waals surface area contributed by atoms with Crippen LogP contribution in [0.3, 0.4) is 0 Å². The molecule has 1 aliphatic rings. The van der Waals surface area contributed by atoms with Gasteiger partial charge in [-0.05, 0) is 49.2 Å². The van der Waals surface area contributed by atoms with Crippen LogP contribution in [0.4, 0.5) is 0 Å². The highest BCUT2D eigenvalue weighted by atomic mass is 16.5. The first kappa shape index (κ1) is 17.2. The highest BCUT2D eigenvalue weighted by molar-refractivity contribution is 6.09. The van der Waals surface area contributed by atoms with E-state index < -0.39 is 0 Å². The van der Waals surface area contributed by atoms with Gasteiger partial charge in [0, 0.05) is 18.0 Å². The second-order valence-electron chi connectivity index (χ2n) is 6.18. The molecule has 0 bridgehead atoms. The van der Waals surface area contributed by atoms with E-state index in [2.05, 4.69) is 17.4 Å². The van der Waals surface area contributed by atoms with Crippen molar-refractivity contribution >= 4 is 11.8 Å². The summed E-state index contributed by atoms with van der Waals surface area (Å²) in [5.41, 5.74) is 8.92. The molecule has 0 atom stereocenters. The van der Waals surface area contributed by atoms with Crippen LogP contribution in [0.15, 0.2) is 65.8 Å². The number of hydrogen-bond donors (Lipinski definition) is 2. The van der Waals surface area contributed by atoms with Crippen molar-refractivity contribution in [2.24, 2.45) is 10.7 Å². The number of nitrogens with one attached hydrogen (secondary N) is 1. The molecule has 1 aliphatic heterocycles. The fourth-order valence-corrected chi connectivity index (χ4v) is 2.86. The van der Waals surface area contributed by atoms with Crippen molar-refractivity contribution < 1.29 is 4.74 Å². The van der Waals surface area contributed by atoms with E-state index in [0.717, 1.165) is 48.4 Å². The van der Waals surface area contributed by atoms with Crippen LogP contribution in [-0.2, 0) is 6.61 Å². The highest BCUT2D eigenvalue weighted by Crippen LogP contribution is 2.20. The number of piperidine rings is 1. The third kappa shape index (κ3) is 5.19. The monoisotopic (exact) mass is 335 g/mol. The van der Waals surface area contributed by atoms with Crippen molar-refractivity contribution in [2.75, 3.05) is 13.1 Å². The van der Waals surface area contributed by atoms with Crippen molar-refractivity contribution in [3.63, 3.8) is 0 Å². The van der Waals surface area contributed by atoms with E-state index in [1.807, 2.05) is 48.7 Å². The minimum Gasteiger partial charge on any atom is -0.489 e. The number of ether oxygens (including phenoxy) is 1. The molecule has 2 aromatic rings. The van der Waals surface area contributed by atoms with E-state index in [0.29, 0.717) is 12.6 Å². The Kier molecular flexibility index (Phi) is 6.23. The lowest BCUT2D eigenvalue weighted by molar-refractivity contribution is 0.306. The maximum Gasteiger partial charge on any atom is 0.120 e. The second kappa shape index (κ2) is 9.04. The zero-order valence-electron chi connectivity index (χ0n) is 14.4. The Bertz CT molecular complexity index is 719. The Balaban J connectivity index is 1.65. The lowest BCUT2D eigenvalue weighted by Crippen LogP contribution is -2.29. The average Bonchev–Trinajstić information content (AvgIpc) is 2.69. The van der Waals surface area contributed by atoms with Crippen LogP contribution in [0.1, 0.15) is 24.0 Å². The topological polar surface area (TPSA) is 59.6 Å². The lowest BCUT2D eigenvalue weighted by atomic mass is 10.1. The fourth-order valence-electron chi connectivity index (χ4n) is 2.86. The molecule has 3 N–H and O–H groups in total. The zero-order chi connectivity index (χ0) is 17.3. The van der Waals surface area contributed by atoms with Crippen LogP contribution in [0.25, 0.3) is 5.57 Å². The summed E-state index contributed by atoms with van der Waals surface area (Å²) in [6.45, 7) is 2.62. The summed E-state index contributed by atoms with van der Waals surface area (Å²) < 4.78 is 5.90. The van der Waals surface area contributed by atoms with Crippen LogP contribution in [-0.4, -0.2) is 25.3 Å². The molecular formula is C21H25N3O. The Hall–Kier alpha value is -2.59. The van der Waals surface area contributed by atoms with E-state index in [1.165, 1.54) is 0 Å². The first-order valence-corrected chi connectivity index (χ1v) is 8.78. The number of nitrogens with zero attached hydrogens (tertiary/aromatic N) is 1. The van der Waals surface area contributed by atoms with E-state index in [-0.39, 0.29) is 0 Å². The number of allylic oxidation sites excluding steroid dienone is 1. The van der Waals surface area contributed by atoms with Gasteiger partial charge in [0.1, 0.15) is 12.4 Å². The van der Waals surface area contributed by atoms with Gasteiger partial charge in [-0.2, -0.15) is 0 Å². The molecule has 0 unspecified atom stereocenters. The normalized spacial score (nSPS) is 16.2. The van der Waals surface area contributed by atoms with Crippen LogP contribution < -0.4 is 15.8 Å². The van der Waals surface area contributed by atoms with Gasteiger partial charge in [-0.1, -0.05) is 42.5 Å². The van der Waals surface area contributed by atoms with Crippen molar-refractivity contribution in [1.29, 1.82) is 0 Å². The molecule has 0 spiro atoms. The molecule has 0 aromatic heterocycles. The molecule has 1 saturated heterocycles. The van der Waals surface area contributed by atoms with Gasteiger partial charge in [0.2, 0.25) is 0 Å². The minimum atomic E-state index is 0.383. The SMILES string of the molecule is NC=C(C=NC1CCNCC1)c1cccc(OCc2ccccc2)c1. The van der Waals surface area contributed by atoms with Crippen molar-refractivity contribution in [1.82, 2.24) is 5.32 Å². The lowest BCUT2D eigenvalue weighted by Gasteiger charge is -2.18. The van der Waals surface area contributed by atoms with Gasteiger partial charge in [0.15, 0.2) is 0 Å². The second-order valence-corrected chi connectivity index (χ2v) is 6.18. The van der Waals surface area contributed by atoms with Crippen LogP contribution in [0.2, 0.25) is 0 Å². The number of aliphatic imine (C=N–C) groups is 1. The van der Waals surface area contributed by atoms with Gasteiger partial charge in [-0.15, -0.1) is 0 Å². The van der Waals surface area contributed by atoms with E-state index >= 15 is 0 Å². The highest BCUT2D eigenvalue weighted by Gasteiger charge is 2.10. The van der Waals surface area contributed by atoms with Gasteiger partial charge >= 0.3 is 0 Å². The molecule has 0 radical (unpaired) electrons. The number of nitrogens with two attached hydrogens (primary N) is 1. The Labute approximate surface area is 149 Å². The van der Waals surface area contributed by atoms with Gasteiger partial charge in [-0.25, -0.2) is 0 Å². The average molecular weight is 335 g/mol. The third-order valence-electron chi connectivity index (χ3n) is 4.33.